The topological polar surface area (TPSA) is 79.6 Å². The third-order valence-electron chi connectivity index (χ3n) is 6.16. The van der Waals surface area contributed by atoms with Gasteiger partial charge < -0.3 is 24.6 Å². The number of methoxy groups -OCH3 is 1. The van der Waals surface area contributed by atoms with Gasteiger partial charge in [0.2, 0.25) is 0 Å². The molecule has 4 aromatic rings. The SMILES string of the molecule is COc1ccc(CN2C(=S)NC(c3ccccn3)C2c2cccn2-c2cccc(C(=O)O)c2)cc1. The smallest absolute Gasteiger partial charge is 0.335 e. The molecule has 3 heterocycles. The van der Waals surface area contributed by atoms with E-state index in [2.05, 4.69) is 15.2 Å². The summed E-state index contributed by atoms with van der Waals surface area (Å²) in [5, 5.41) is 13.6. The van der Waals surface area contributed by atoms with Crippen LogP contribution in [-0.2, 0) is 6.54 Å². The molecular formula is C27H24N4O3S. The van der Waals surface area contributed by atoms with Crippen LogP contribution in [0.1, 0.15) is 39.4 Å². The third-order valence-corrected chi connectivity index (χ3v) is 6.52. The molecule has 1 saturated heterocycles. The molecule has 1 fully saturated rings. The molecule has 0 bridgehead atoms. The minimum Gasteiger partial charge on any atom is -0.497 e. The van der Waals surface area contributed by atoms with Crippen LogP contribution in [0.3, 0.4) is 0 Å². The maximum Gasteiger partial charge on any atom is 0.335 e. The van der Waals surface area contributed by atoms with Crippen LogP contribution in [0.2, 0.25) is 0 Å². The predicted octanol–water partition coefficient (Wildman–Crippen LogP) is 4.75. The third kappa shape index (κ3) is 4.48. The van der Waals surface area contributed by atoms with E-state index in [0.29, 0.717) is 11.7 Å². The van der Waals surface area contributed by atoms with Gasteiger partial charge in [-0.15, -0.1) is 0 Å². The van der Waals surface area contributed by atoms with Crippen LogP contribution in [0.5, 0.6) is 5.75 Å². The monoisotopic (exact) mass is 484 g/mol. The number of rotatable bonds is 7. The number of aromatic nitrogens is 2. The summed E-state index contributed by atoms with van der Waals surface area (Å²) in [5.74, 6) is -0.164. The molecule has 2 aromatic heterocycles. The number of pyridine rings is 1. The summed E-state index contributed by atoms with van der Waals surface area (Å²) >= 11 is 5.81. The number of nitrogens with one attached hydrogen (secondary N) is 1. The van der Waals surface area contributed by atoms with Crippen LogP contribution < -0.4 is 10.1 Å². The molecule has 0 amide bonds. The first kappa shape index (κ1) is 22.6. The molecule has 2 atom stereocenters. The number of thiocarbonyl (C=S) groups is 1. The maximum atomic E-state index is 11.6. The van der Waals surface area contributed by atoms with Crippen molar-refractivity contribution in [3.05, 3.63) is 114 Å². The fourth-order valence-corrected chi connectivity index (χ4v) is 4.79. The van der Waals surface area contributed by atoms with Gasteiger partial charge in [-0.3, -0.25) is 4.98 Å². The van der Waals surface area contributed by atoms with Crippen molar-refractivity contribution in [2.75, 3.05) is 7.11 Å². The lowest BCUT2D eigenvalue weighted by Gasteiger charge is -2.29. The summed E-state index contributed by atoms with van der Waals surface area (Å²) in [6, 6.07) is 24.4. The highest BCUT2D eigenvalue weighted by atomic mass is 32.1. The van der Waals surface area contributed by atoms with Gasteiger partial charge in [0.05, 0.1) is 30.5 Å². The first-order valence-electron chi connectivity index (χ1n) is 11.2. The van der Waals surface area contributed by atoms with E-state index in [9.17, 15) is 9.90 Å². The van der Waals surface area contributed by atoms with E-state index in [4.69, 9.17) is 17.0 Å². The number of carboxylic acids is 1. The Morgan fingerprint density at radius 3 is 2.63 bits per heavy atom. The van der Waals surface area contributed by atoms with Crippen LogP contribution in [0.25, 0.3) is 5.69 Å². The van der Waals surface area contributed by atoms with Gasteiger partial charge >= 0.3 is 5.97 Å². The van der Waals surface area contributed by atoms with Crippen molar-refractivity contribution in [3.8, 4) is 11.4 Å². The van der Waals surface area contributed by atoms with E-state index in [1.165, 1.54) is 0 Å². The molecule has 2 unspecified atom stereocenters. The zero-order valence-electron chi connectivity index (χ0n) is 19.0. The summed E-state index contributed by atoms with van der Waals surface area (Å²) in [4.78, 5) is 18.3. The molecular weight excluding hydrogens is 460 g/mol. The Morgan fingerprint density at radius 1 is 1.09 bits per heavy atom. The molecule has 7 nitrogen and oxygen atoms in total. The van der Waals surface area contributed by atoms with Gasteiger partial charge in [0.25, 0.3) is 0 Å². The van der Waals surface area contributed by atoms with Gasteiger partial charge in [0, 0.05) is 30.3 Å². The van der Waals surface area contributed by atoms with Gasteiger partial charge in [-0.1, -0.05) is 24.3 Å². The quantitative estimate of drug-likeness (QED) is 0.367. The average molecular weight is 485 g/mol. The molecule has 0 radical (unpaired) electrons. The number of benzene rings is 2. The molecule has 1 aliphatic heterocycles. The standard InChI is InChI=1S/C27H24N4O3S/c1-34-21-12-10-18(11-13-21)17-31-25(24(29-27(31)35)22-8-2-3-14-28-22)23-9-5-15-30(23)20-7-4-6-19(16-20)26(32)33/h2-16,24-25H,17H2,1H3,(H,29,35)(H,32,33). The summed E-state index contributed by atoms with van der Waals surface area (Å²) < 4.78 is 7.32. The number of aromatic carboxylic acids is 1. The highest BCUT2D eigenvalue weighted by Gasteiger charge is 2.41. The molecule has 2 N–H and O–H groups in total. The largest absolute Gasteiger partial charge is 0.497 e. The first-order chi connectivity index (χ1) is 17.0. The maximum absolute atomic E-state index is 11.6. The Kier molecular flexibility index (Phi) is 6.20. The van der Waals surface area contributed by atoms with Gasteiger partial charge in [-0.25, -0.2) is 4.79 Å². The van der Waals surface area contributed by atoms with Crippen LogP contribution in [0.4, 0.5) is 0 Å². The second-order valence-corrected chi connectivity index (χ2v) is 8.65. The summed E-state index contributed by atoms with van der Waals surface area (Å²) in [7, 11) is 1.65. The molecule has 1 aliphatic rings. The molecule has 0 aliphatic carbocycles. The lowest BCUT2D eigenvalue weighted by Crippen LogP contribution is -2.30. The normalized spacial score (nSPS) is 17.3. The van der Waals surface area contributed by atoms with Crippen molar-refractivity contribution in [3.63, 3.8) is 0 Å². The lowest BCUT2D eigenvalue weighted by molar-refractivity contribution is 0.0697. The Labute approximate surface area is 208 Å². The number of nitrogens with zero attached hydrogens (tertiary/aromatic N) is 3. The molecule has 0 spiro atoms. The molecule has 5 rings (SSSR count). The molecule has 0 saturated carbocycles. The highest BCUT2D eigenvalue weighted by molar-refractivity contribution is 7.80. The first-order valence-corrected chi connectivity index (χ1v) is 11.6. The number of hydrogen-bond donors (Lipinski definition) is 2. The summed E-state index contributed by atoms with van der Waals surface area (Å²) in [6.07, 6.45) is 3.72. The van der Waals surface area contributed by atoms with Crippen LogP contribution in [0.15, 0.2) is 91.3 Å². The second kappa shape index (κ2) is 9.60. The van der Waals surface area contributed by atoms with E-state index in [0.717, 1.165) is 28.4 Å². The summed E-state index contributed by atoms with van der Waals surface area (Å²) in [6.45, 7) is 0.587. The second-order valence-electron chi connectivity index (χ2n) is 8.26. The van der Waals surface area contributed by atoms with Gasteiger partial charge in [-0.05, 0) is 72.4 Å². The lowest BCUT2D eigenvalue weighted by atomic mass is 10.0. The van der Waals surface area contributed by atoms with Crippen molar-refractivity contribution >= 4 is 23.3 Å². The van der Waals surface area contributed by atoms with Crippen molar-refractivity contribution in [2.24, 2.45) is 0 Å². The van der Waals surface area contributed by atoms with Crippen LogP contribution in [-0.4, -0.2) is 37.7 Å². The number of hydrogen-bond acceptors (Lipinski definition) is 4. The Bertz CT molecular complexity index is 1350. The molecule has 176 valence electrons. The number of carbonyl (C=O) groups is 1. The number of ether oxygens (including phenoxy) is 1. The van der Waals surface area contributed by atoms with E-state index < -0.39 is 5.97 Å². The Hall–Kier alpha value is -4.17. The van der Waals surface area contributed by atoms with E-state index in [1.807, 2.05) is 71.4 Å². The van der Waals surface area contributed by atoms with E-state index in [1.54, 1.807) is 31.5 Å². The van der Waals surface area contributed by atoms with E-state index in [-0.39, 0.29) is 17.6 Å². The van der Waals surface area contributed by atoms with Gasteiger partial charge in [0.1, 0.15) is 5.75 Å². The van der Waals surface area contributed by atoms with Crippen molar-refractivity contribution in [1.29, 1.82) is 0 Å². The minimum atomic E-state index is -0.961. The zero-order valence-corrected chi connectivity index (χ0v) is 19.9. The van der Waals surface area contributed by atoms with E-state index >= 15 is 0 Å². The average Bonchev–Trinajstić information content (AvgIpc) is 3.49. The molecule has 2 aromatic carbocycles. The van der Waals surface area contributed by atoms with Crippen LogP contribution in [0, 0.1) is 0 Å². The summed E-state index contributed by atoms with van der Waals surface area (Å²) in [5.41, 5.74) is 3.95. The number of carboxylic acid groups (broad SMARTS) is 1. The van der Waals surface area contributed by atoms with Crippen molar-refractivity contribution in [1.82, 2.24) is 19.8 Å². The predicted molar refractivity (Wildman–Crippen MR) is 137 cm³/mol. The van der Waals surface area contributed by atoms with Gasteiger partial charge in [-0.2, -0.15) is 0 Å². The zero-order chi connectivity index (χ0) is 24.4. The Balaban J connectivity index is 1.58. The van der Waals surface area contributed by atoms with Gasteiger partial charge in [0.15, 0.2) is 5.11 Å². The van der Waals surface area contributed by atoms with Crippen molar-refractivity contribution in [2.45, 2.75) is 18.6 Å². The highest BCUT2D eigenvalue weighted by Crippen LogP contribution is 2.40. The molecule has 35 heavy (non-hydrogen) atoms. The Morgan fingerprint density at radius 2 is 1.91 bits per heavy atom. The minimum absolute atomic E-state index is 0.178. The fraction of sp³-hybridized carbons (Fsp3) is 0.148. The molecule has 8 heteroatoms. The fourth-order valence-electron chi connectivity index (χ4n) is 4.48. The van der Waals surface area contributed by atoms with Crippen molar-refractivity contribution < 1.29 is 14.6 Å². The van der Waals surface area contributed by atoms with Crippen LogP contribution >= 0.6 is 12.2 Å².